The van der Waals surface area contributed by atoms with E-state index in [0.29, 0.717) is 11.7 Å². The third kappa shape index (κ3) is 4.90. The van der Waals surface area contributed by atoms with Gasteiger partial charge in [0.25, 0.3) is 0 Å². The second-order valence-corrected chi connectivity index (χ2v) is 7.19. The Morgan fingerprint density at radius 3 is 1.60 bits per heavy atom. The number of ketones is 1. The third-order valence-corrected chi connectivity index (χ3v) is 5.47. The van der Waals surface area contributed by atoms with Crippen LogP contribution in [0.1, 0.15) is 86.0 Å². The first-order valence-electron chi connectivity index (χ1n) is 9.11. The van der Waals surface area contributed by atoms with Crippen LogP contribution < -0.4 is 0 Å². The van der Waals surface area contributed by atoms with Crippen LogP contribution in [0.25, 0.3) is 0 Å². The van der Waals surface area contributed by atoms with Gasteiger partial charge in [0.15, 0.2) is 0 Å². The molecule has 0 spiro atoms. The quantitative estimate of drug-likeness (QED) is 0.632. The Bertz CT molecular complexity index is 265. The van der Waals surface area contributed by atoms with Crippen molar-refractivity contribution in [3.05, 3.63) is 0 Å². The van der Waals surface area contributed by atoms with Crippen molar-refractivity contribution in [3.8, 4) is 0 Å². The summed E-state index contributed by atoms with van der Waals surface area (Å²) in [5.74, 6) is 4.03. The van der Waals surface area contributed by atoms with E-state index in [1.807, 2.05) is 13.8 Å². The fourth-order valence-corrected chi connectivity index (χ4v) is 4.10. The van der Waals surface area contributed by atoms with E-state index in [2.05, 4.69) is 20.8 Å². The summed E-state index contributed by atoms with van der Waals surface area (Å²) in [6, 6.07) is 0. The average Bonchev–Trinajstić information content (AvgIpc) is 2.49. The second-order valence-electron chi connectivity index (χ2n) is 7.19. The molecule has 2 aliphatic rings. The molecule has 0 aromatic heterocycles. The van der Waals surface area contributed by atoms with E-state index in [1.54, 1.807) is 0 Å². The molecule has 0 aliphatic heterocycles. The molecule has 0 bridgehead atoms. The molecule has 0 radical (unpaired) electrons. The summed E-state index contributed by atoms with van der Waals surface area (Å²) in [7, 11) is 0. The van der Waals surface area contributed by atoms with Gasteiger partial charge in [-0.15, -0.1) is 0 Å². The maximum atomic E-state index is 12.0. The molecule has 0 atom stereocenters. The molecule has 2 saturated carbocycles. The number of rotatable bonds is 3. The van der Waals surface area contributed by atoms with Crippen molar-refractivity contribution in [2.75, 3.05) is 0 Å². The van der Waals surface area contributed by atoms with Gasteiger partial charge in [-0.05, 0) is 56.3 Å². The zero-order chi connectivity index (χ0) is 15.1. The maximum Gasteiger partial charge on any atom is 0.138 e. The predicted molar refractivity (Wildman–Crippen MR) is 87.8 cm³/mol. The van der Waals surface area contributed by atoms with Crippen LogP contribution in [0, 0.1) is 29.6 Å². The Kier molecular flexibility index (Phi) is 7.84. The van der Waals surface area contributed by atoms with Crippen molar-refractivity contribution >= 4 is 5.78 Å². The van der Waals surface area contributed by atoms with E-state index in [0.717, 1.165) is 17.8 Å². The Balaban J connectivity index is 0.000000956. The van der Waals surface area contributed by atoms with Crippen LogP contribution >= 0.6 is 0 Å². The number of Topliss-reactive ketones (excluding diaryl/α,β-unsaturated/α-hetero) is 1. The monoisotopic (exact) mass is 280 g/mol. The van der Waals surface area contributed by atoms with Gasteiger partial charge in [-0.1, -0.05) is 47.5 Å². The molecular weight excluding hydrogens is 244 g/mol. The summed E-state index contributed by atoms with van der Waals surface area (Å²) >= 11 is 0. The van der Waals surface area contributed by atoms with Gasteiger partial charge in [0.05, 0.1) is 0 Å². The van der Waals surface area contributed by atoms with E-state index in [9.17, 15) is 4.79 Å². The molecule has 2 rings (SSSR count). The molecule has 2 aliphatic carbocycles. The SMILES string of the molecule is CC.CC1CCC(C2CCC(C(=O)C(C)C)CC2)CC1. The highest BCUT2D eigenvalue weighted by atomic mass is 16.1. The third-order valence-electron chi connectivity index (χ3n) is 5.47. The molecule has 0 heterocycles. The van der Waals surface area contributed by atoms with Crippen LogP contribution in [-0.4, -0.2) is 5.78 Å². The van der Waals surface area contributed by atoms with E-state index in [4.69, 9.17) is 0 Å². The van der Waals surface area contributed by atoms with Crippen LogP contribution in [0.5, 0.6) is 0 Å². The Hall–Kier alpha value is -0.330. The Morgan fingerprint density at radius 2 is 1.20 bits per heavy atom. The molecule has 0 N–H and O–H groups in total. The number of hydrogen-bond donors (Lipinski definition) is 0. The second kappa shape index (κ2) is 8.85. The minimum atomic E-state index is 0.238. The van der Waals surface area contributed by atoms with Gasteiger partial charge in [-0.25, -0.2) is 0 Å². The molecule has 2 fully saturated rings. The summed E-state index contributed by atoms with van der Waals surface area (Å²) in [5.41, 5.74) is 0. The molecule has 0 aromatic carbocycles. The van der Waals surface area contributed by atoms with Crippen LogP contribution in [-0.2, 0) is 4.79 Å². The lowest BCUT2D eigenvalue weighted by Gasteiger charge is -2.37. The Morgan fingerprint density at radius 1 is 0.800 bits per heavy atom. The van der Waals surface area contributed by atoms with Crippen LogP contribution in [0.15, 0.2) is 0 Å². The molecule has 20 heavy (non-hydrogen) atoms. The zero-order valence-electron chi connectivity index (χ0n) is 14.5. The fourth-order valence-electron chi connectivity index (χ4n) is 4.10. The minimum absolute atomic E-state index is 0.238. The molecule has 0 amide bonds. The smallest absolute Gasteiger partial charge is 0.138 e. The van der Waals surface area contributed by atoms with Gasteiger partial charge in [0.2, 0.25) is 0 Å². The van der Waals surface area contributed by atoms with Crippen molar-refractivity contribution in [2.24, 2.45) is 29.6 Å². The highest BCUT2D eigenvalue weighted by Crippen LogP contribution is 2.41. The molecule has 1 nitrogen and oxygen atoms in total. The number of carbonyl (C=O) groups excluding carboxylic acids is 1. The van der Waals surface area contributed by atoms with Crippen LogP contribution in [0.4, 0.5) is 0 Å². The van der Waals surface area contributed by atoms with Gasteiger partial charge < -0.3 is 0 Å². The maximum absolute atomic E-state index is 12.0. The number of hydrogen-bond acceptors (Lipinski definition) is 1. The highest BCUT2D eigenvalue weighted by molar-refractivity contribution is 5.82. The van der Waals surface area contributed by atoms with Crippen molar-refractivity contribution in [3.63, 3.8) is 0 Å². The topological polar surface area (TPSA) is 17.1 Å². The van der Waals surface area contributed by atoms with E-state index >= 15 is 0 Å². The normalized spacial score (nSPS) is 34.3. The summed E-state index contributed by atoms with van der Waals surface area (Å²) in [5, 5.41) is 0. The van der Waals surface area contributed by atoms with Crippen LogP contribution in [0.3, 0.4) is 0 Å². The summed E-state index contributed by atoms with van der Waals surface area (Å²) < 4.78 is 0. The highest BCUT2D eigenvalue weighted by Gasteiger charge is 2.32. The zero-order valence-corrected chi connectivity index (χ0v) is 14.5. The van der Waals surface area contributed by atoms with Crippen molar-refractivity contribution in [1.82, 2.24) is 0 Å². The summed E-state index contributed by atoms with van der Waals surface area (Å²) in [4.78, 5) is 12.0. The van der Waals surface area contributed by atoms with Crippen LogP contribution in [0.2, 0.25) is 0 Å². The average molecular weight is 280 g/mol. The van der Waals surface area contributed by atoms with E-state index in [-0.39, 0.29) is 5.92 Å². The lowest BCUT2D eigenvalue weighted by atomic mass is 9.68. The molecule has 0 aromatic rings. The van der Waals surface area contributed by atoms with Gasteiger partial charge in [0.1, 0.15) is 5.78 Å². The standard InChI is InChI=1S/C17H30O.C2H6/c1-12(2)17(18)16-10-8-15(9-11-16)14-6-4-13(3)5-7-14;1-2/h12-16H,4-11H2,1-3H3;1-2H3. The largest absolute Gasteiger partial charge is 0.299 e. The van der Waals surface area contributed by atoms with E-state index in [1.165, 1.54) is 51.4 Å². The van der Waals surface area contributed by atoms with Gasteiger partial charge >= 0.3 is 0 Å². The molecule has 0 unspecified atom stereocenters. The predicted octanol–water partition coefficient (Wildman–Crippen LogP) is 5.87. The van der Waals surface area contributed by atoms with Crippen molar-refractivity contribution < 1.29 is 4.79 Å². The minimum Gasteiger partial charge on any atom is -0.299 e. The first kappa shape index (κ1) is 17.7. The van der Waals surface area contributed by atoms with Gasteiger partial charge in [-0.2, -0.15) is 0 Å². The first-order valence-corrected chi connectivity index (χ1v) is 9.11. The van der Waals surface area contributed by atoms with Crippen molar-refractivity contribution in [2.45, 2.75) is 86.0 Å². The first-order chi connectivity index (χ1) is 9.58. The summed E-state index contributed by atoms with van der Waals surface area (Å²) in [6.45, 7) is 10.5. The lowest BCUT2D eigenvalue weighted by molar-refractivity contribution is -0.127. The molecule has 0 saturated heterocycles. The molecule has 118 valence electrons. The van der Waals surface area contributed by atoms with Crippen molar-refractivity contribution in [1.29, 1.82) is 0 Å². The van der Waals surface area contributed by atoms with E-state index < -0.39 is 0 Å². The molecular formula is C19H36O. The summed E-state index contributed by atoms with van der Waals surface area (Å²) in [6.07, 6.45) is 10.8. The Labute approximate surface area is 126 Å². The lowest BCUT2D eigenvalue weighted by Crippen LogP contribution is -2.29. The number of carbonyl (C=O) groups is 1. The van der Waals surface area contributed by atoms with Gasteiger partial charge in [0, 0.05) is 11.8 Å². The fraction of sp³-hybridized carbons (Fsp3) is 0.947. The molecule has 1 heteroatoms. The van der Waals surface area contributed by atoms with Gasteiger partial charge in [-0.3, -0.25) is 4.79 Å².